The molecule has 0 saturated heterocycles. The number of alkyl halides is 1. The van der Waals surface area contributed by atoms with E-state index in [2.05, 4.69) is 103 Å². The molecule has 0 saturated carbocycles. The number of benzene rings is 4. The van der Waals surface area contributed by atoms with Gasteiger partial charge in [-0.1, -0.05) is 0 Å². The van der Waals surface area contributed by atoms with E-state index in [4.69, 9.17) is 4.74 Å². The maximum atomic E-state index is 13.0. The van der Waals surface area contributed by atoms with Crippen molar-refractivity contribution in [1.29, 1.82) is 0 Å². The molecule has 4 rings (SSSR count). The van der Waals surface area contributed by atoms with Crippen molar-refractivity contribution in [3.05, 3.63) is 121 Å². The van der Waals surface area contributed by atoms with Crippen molar-refractivity contribution in [3.8, 4) is 5.75 Å². The zero-order valence-corrected chi connectivity index (χ0v) is 17.9. The zero-order valence-electron chi connectivity index (χ0n) is 16.9. The van der Waals surface area contributed by atoms with E-state index in [1.165, 1.54) is 21.5 Å². The molecule has 1 nitrogen and oxygen atoms in total. The van der Waals surface area contributed by atoms with Crippen molar-refractivity contribution in [2.75, 3.05) is 13.3 Å². The number of hydrogen-bond acceptors (Lipinski definition) is 1. The van der Waals surface area contributed by atoms with Crippen molar-refractivity contribution in [2.45, 2.75) is 6.16 Å². The quantitative estimate of drug-likeness (QED) is 0.357. The van der Waals surface area contributed by atoms with Gasteiger partial charge in [0.1, 0.15) is 0 Å². The Hall–Kier alpha value is -2.96. The van der Waals surface area contributed by atoms with Crippen molar-refractivity contribution < 1.29 is 9.13 Å². The van der Waals surface area contributed by atoms with E-state index in [0.717, 1.165) is 11.9 Å². The molecule has 0 atom stereocenters. The van der Waals surface area contributed by atoms with E-state index >= 15 is 0 Å². The van der Waals surface area contributed by atoms with Crippen LogP contribution in [0.3, 0.4) is 0 Å². The van der Waals surface area contributed by atoms with Gasteiger partial charge in [-0.2, -0.15) is 0 Å². The molecule has 0 bridgehead atoms. The van der Waals surface area contributed by atoms with Gasteiger partial charge in [-0.15, -0.1) is 0 Å². The molecule has 3 heteroatoms. The Morgan fingerprint density at radius 3 is 1.67 bits per heavy atom. The van der Waals surface area contributed by atoms with Crippen LogP contribution in [-0.2, 0) is 6.16 Å². The van der Waals surface area contributed by atoms with Gasteiger partial charge in [0, 0.05) is 0 Å². The van der Waals surface area contributed by atoms with Crippen molar-refractivity contribution >= 4 is 23.2 Å². The standard InChI is InChI=1S/C27H26FOP/c28-20-21-29-26-18-10-11-19-27(26)30(24-14-6-2-7-15-24,25-16-8-3-9-17-25)22-23-12-4-1-5-13-23/h1-19,30H,20-22H2/i28-1. The van der Waals surface area contributed by atoms with Crippen LogP contribution in [-0.4, -0.2) is 13.3 Å². The molecule has 0 unspecified atom stereocenters. The third-order valence-electron chi connectivity index (χ3n) is 5.53. The summed E-state index contributed by atoms with van der Waals surface area (Å²) in [7, 11) is -2.51. The average Bonchev–Trinajstić information content (AvgIpc) is 2.83. The number of rotatable bonds is 8. The van der Waals surface area contributed by atoms with E-state index in [1.54, 1.807) is 0 Å². The molecule has 0 aliphatic carbocycles. The van der Waals surface area contributed by atoms with Gasteiger partial charge < -0.3 is 0 Å². The molecule has 0 aliphatic heterocycles. The van der Waals surface area contributed by atoms with Gasteiger partial charge in [-0.05, 0) is 0 Å². The van der Waals surface area contributed by atoms with Crippen LogP contribution in [0, 0.1) is 0 Å². The van der Waals surface area contributed by atoms with Crippen LogP contribution in [0.25, 0.3) is 0 Å². The van der Waals surface area contributed by atoms with Crippen LogP contribution in [0.2, 0.25) is 0 Å². The Bertz CT molecular complexity index is 1010. The summed E-state index contributed by atoms with van der Waals surface area (Å²) in [6, 6.07) is 40.3. The second kappa shape index (κ2) is 9.69. The van der Waals surface area contributed by atoms with E-state index in [9.17, 15) is 4.39 Å². The predicted octanol–water partition coefficient (Wildman–Crippen LogP) is 5.26. The molecule has 0 N–H and O–H groups in total. The van der Waals surface area contributed by atoms with Crippen molar-refractivity contribution in [3.63, 3.8) is 0 Å². The third-order valence-corrected chi connectivity index (χ3v) is 10.4. The Balaban J connectivity index is 2.01. The molecule has 0 aromatic heterocycles. The normalized spacial score (nSPS) is 11.8. The van der Waals surface area contributed by atoms with Crippen LogP contribution in [0.15, 0.2) is 115 Å². The molecule has 0 radical (unpaired) electrons. The minimum absolute atomic E-state index is 0.0659. The molecular formula is C27H26FOP. The summed E-state index contributed by atoms with van der Waals surface area (Å²) in [6.07, 6.45) is 0.901. The molecule has 0 heterocycles. The van der Waals surface area contributed by atoms with Crippen LogP contribution in [0.1, 0.15) is 5.56 Å². The molecular weight excluding hydrogens is 389 g/mol. The molecule has 0 amide bonds. The van der Waals surface area contributed by atoms with Crippen LogP contribution < -0.4 is 20.7 Å². The summed E-state index contributed by atoms with van der Waals surface area (Å²) < 4.78 is 18.9. The summed E-state index contributed by atoms with van der Waals surface area (Å²) in [5.74, 6) is 0.783. The monoisotopic (exact) mass is 415 g/mol. The van der Waals surface area contributed by atoms with Crippen LogP contribution in [0.5, 0.6) is 5.75 Å². The van der Waals surface area contributed by atoms with E-state index in [-0.39, 0.29) is 6.61 Å². The van der Waals surface area contributed by atoms with Gasteiger partial charge in [0.15, 0.2) is 0 Å². The van der Waals surface area contributed by atoms with E-state index in [0.29, 0.717) is 0 Å². The number of halogens is 1. The fraction of sp³-hybridized carbons (Fsp3) is 0.111. The molecule has 30 heavy (non-hydrogen) atoms. The van der Waals surface area contributed by atoms with Crippen LogP contribution in [0.4, 0.5) is 4.39 Å². The van der Waals surface area contributed by atoms with Crippen molar-refractivity contribution in [1.82, 2.24) is 0 Å². The summed E-state index contributed by atoms with van der Waals surface area (Å²) in [4.78, 5) is 0. The molecule has 0 fully saturated rings. The second-order valence-electron chi connectivity index (χ2n) is 7.33. The first-order chi connectivity index (χ1) is 14.8. The van der Waals surface area contributed by atoms with Gasteiger partial charge in [-0.3, -0.25) is 0 Å². The summed E-state index contributed by atoms with van der Waals surface area (Å²) in [6.45, 7) is -0.436. The number of para-hydroxylation sites is 1. The maximum absolute atomic E-state index is 13.0. The van der Waals surface area contributed by atoms with E-state index in [1.807, 2.05) is 12.1 Å². The Labute approximate surface area is 178 Å². The molecule has 152 valence electrons. The van der Waals surface area contributed by atoms with Gasteiger partial charge in [0.05, 0.1) is 0 Å². The average molecular weight is 415 g/mol. The van der Waals surface area contributed by atoms with E-state index < -0.39 is 13.9 Å². The Kier molecular flexibility index (Phi) is 6.57. The fourth-order valence-corrected chi connectivity index (χ4v) is 9.10. The number of ether oxygens (including phenoxy) is 1. The molecule has 0 spiro atoms. The fourth-order valence-electron chi connectivity index (χ4n) is 4.22. The first kappa shape index (κ1) is 20.3. The van der Waals surface area contributed by atoms with Gasteiger partial charge in [0.25, 0.3) is 0 Å². The Morgan fingerprint density at radius 2 is 1.10 bits per heavy atom. The predicted molar refractivity (Wildman–Crippen MR) is 128 cm³/mol. The third kappa shape index (κ3) is 4.15. The topological polar surface area (TPSA) is 9.23 Å². The Morgan fingerprint density at radius 1 is 0.600 bits per heavy atom. The minimum atomic E-state index is -2.51. The number of hydrogen-bond donors (Lipinski definition) is 0. The van der Waals surface area contributed by atoms with Gasteiger partial charge in [-0.25, -0.2) is 0 Å². The van der Waals surface area contributed by atoms with Gasteiger partial charge in [0.2, 0.25) is 0 Å². The summed E-state index contributed by atoms with van der Waals surface area (Å²) in [5, 5.41) is 3.81. The molecule has 4 aromatic rings. The first-order valence-corrected chi connectivity index (χ1v) is 12.5. The molecule has 0 aliphatic rings. The zero-order chi connectivity index (χ0) is 20.7. The summed E-state index contributed by atoms with van der Waals surface area (Å²) >= 11 is 0. The van der Waals surface area contributed by atoms with Crippen LogP contribution >= 0.6 is 7.26 Å². The second-order valence-corrected chi connectivity index (χ2v) is 11.2. The summed E-state index contributed by atoms with van der Waals surface area (Å²) in [5.41, 5.74) is 1.29. The molecule has 4 aromatic carbocycles. The van der Waals surface area contributed by atoms with Gasteiger partial charge >= 0.3 is 178 Å². The SMILES string of the molecule is [18F]CCOc1ccccc1[PH](Cc1ccccc1)(c1ccccc1)c1ccccc1. The first-order valence-electron chi connectivity index (χ1n) is 10.3. The van der Waals surface area contributed by atoms with Crippen molar-refractivity contribution in [2.24, 2.45) is 0 Å².